The lowest BCUT2D eigenvalue weighted by Gasteiger charge is -2.61. The maximum absolute atomic E-state index is 13.7. The van der Waals surface area contributed by atoms with Crippen LogP contribution in [0.4, 0.5) is 0 Å². The molecule has 4 fully saturated rings. The highest BCUT2D eigenvalue weighted by Crippen LogP contribution is 2.67. The molecule has 0 heterocycles. The fourth-order valence-electron chi connectivity index (χ4n) is 8.63. The first kappa shape index (κ1) is 22.3. The minimum Gasteiger partial charge on any atom is -0.469 e. The van der Waals surface area contributed by atoms with Crippen LogP contribution in [-0.2, 0) is 14.3 Å². The molecule has 0 saturated heterocycles. The number of methoxy groups -OCH3 is 1. The molecule has 0 unspecified atom stereocenters. The normalized spacial score (nSPS) is 49.0. The van der Waals surface area contributed by atoms with Crippen LogP contribution in [0.5, 0.6) is 0 Å². The summed E-state index contributed by atoms with van der Waals surface area (Å²) in [6.45, 7) is 6.59. The second-order valence-electron chi connectivity index (χ2n) is 11.4. The first-order chi connectivity index (χ1) is 14.1. The molecule has 5 nitrogen and oxygen atoms in total. The number of aliphatic hydroxyl groups excluding tert-OH is 2. The summed E-state index contributed by atoms with van der Waals surface area (Å²) in [5.41, 5.74) is -0.485. The first-order valence-electron chi connectivity index (χ1n) is 12.1. The van der Waals surface area contributed by atoms with Crippen LogP contribution in [0, 0.1) is 46.3 Å². The number of carbonyl (C=O) groups excluding carboxylic acids is 2. The van der Waals surface area contributed by atoms with Gasteiger partial charge in [-0.1, -0.05) is 20.8 Å². The fourth-order valence-corrected chi connectivity index (χ4v) is 8.63. The predicted octanol–water partition coefficient (Wildman–Crippen LogP) is 3.75. The Hall–Kier alpha value is -0.940. The van der Waals surface area contributed by atoms with Gasteiger partial charge in [-0.25, -0.2) is 0 Å². The average Bonchev–Trinajstić information content (AvgIpc) is 3.08. The molecule has 2 N–H and O–H groups in total. The van der Waals surface area contributed by atoms with Crippen LogP contribution in [0.25, 0.3) is 0 Å². The molecule has 5 heteroatoms. The Morgan fingerprint density at radius 2 is 1.90 bits per heavy atom. The number of ether oxygens (including phenoxy) is 1. The van der Waals surface area contributed by atoms with E-state index in [1.807, 2.05) is 0 Å². The van der Waals surface area contributed by atoms with Gasteiger partial charge in [0.25, 0.3) is 0 Å². The van der Waals surface area contributed by atoms with Gasteiger partial charge in [-0.3, -0.25) is 9.59 Å². The quantitative estimate of drug-likeness (QED) is 0.677. The number of ketones is 1. The molecule has 0 aromatic rings. The van der Waals surface area contributed by atoms with E-state index in [1.165, 1.54) is 7.11 Å². The molecule has 0 bridgehead atoms. The summed E-state index contributed by atoms with van der Waals surface area (Å²) < 4.78 is 4.81. The predicted molar refractivity (Wildman–Crippen MR) is 113 cm³/mol. The Morgan fingerprint density at radius 1 is 1.17 bits per heavy atom. The number of carbonyl (C=O) groups is 2. The van der Waals surface area contributed by atoms with Crippen molar-refractivity contribution >= 4 is 11.8 Å². The number of fused-ring (bicyclic) bond motifs is 5. The third-order valence-electron chi connectivity index (χ3n) is 10.3. The van der Waals surface area contributed by atoms with Gasteiger partial charge in [0, 0.05) is 17.8 Å². The lowest BCUT2D eigenvalue weighted by molar-refractivity contribution is -0.186. The second-order valence-corrected chi connectivity index (χ2v) is 11.4. The van der Waals surface area contributed by atoms with E-state index in [9.17, 15) is 19.8 Å². The van der Waals surface area contributed by atoms with E-state index in [1.54, 1.807) is 0 Å². The Labute approximate surface area is 180 Å². The Balaban J connectivity index is 1.59. The maximum Gasteiger partial charge on any atom is 0.305 e. The van der Waals surface area contributed by atoms with Gasteiger partial charge in [0.15, 0.2) is 5.78 Å². The van der Waals surface area contributed by atoms with E-state index in [0.29, 0.717) is 24.2 Å². The number of hydrogen-bond acceptors (Lipinski definition) is 5. The molecule has 0 aromatic heterocycles. The molecule has 4 aliphatic carbocycles. The highest BCUT2D eigenvalue weighted by atomic mass is 16.5. The lowest BCUT2D eigenvalue weighted by atomic mass is 9.43. The molecule has 4 aliphatic rings. The molecule has 0 amide bonds. The number of aliphatic hydroxyl groups is 2. The van der Waals surface area contributed by atoms with Gasteiger partial charge < -0.3 is 14.9 Å². The van der Waals surface area contributed by atoms with E-state index in [0.717, 1.165) is 51.4 Å². The minimum atomic E-state index is -0.917. The third-order valence-corrected chi connectivity index (χ3v) is 10.3. The van der Waals surface area contributed by atoms with Crippen molar-refractivity contribution in [3.8, 4) is 0 Å². The zero-order valence-corrected chi connectivity index (χ0v) is 19.1. The molecule has 30 heavy (non-hydrogen) atoms. The molecule has 0 aliphatic heterocycles. The van der Waals surface area contributed by atoms with E-state index in [2.05, 4.69) is 20.8 Å². The molecule has 170 valence electrons. The van der Waals surface area contributed by atoms with Crippen LogP contribution >= 0.6 is 0 Å². The van der Waals surface area contributed by atoms with Crippen molar-refractivity contribution < 1.29 is 24.5 Å². The van der Waals surface area contributed by atoms with Crippen LogP contribution in [0.3, 0.4) is 0 Å². The summed E-state index contributed by atoms with van der Waals surface area (Å²) >= 11 is 0. The largest absolute Gasteiger partial charge is 0.469 e. The van der Waals surface area contributed by atoms with Gasteiger partial charge in [0.05, 0.1) is 13.2 Å². The smallest absolute Gasteiger partial charge is 0.305 e. The van der Waals surface area contributed by atoms with Crippen molar-refractivity contribution in [1.29, 1.82) is 0 Å². The maximum atomic E-state index is 13.7. The van der Waals surface area contributed by atoms with E-state index < -0.39 is 11.5 Å². The standard InChI is InChI=1S/C25H40O5/c1-14(5-10-20(27)30-4)18-8-9-19-17-7-6-15-13-16(26)11-12-24(15,2)21(17)22(28)23(29)25(18,19)3/h14-19,21,23,26,29H,5-13H2,1-4H3/t14-,15-,16-,17+,18-,19+,21-,23-,24+,25-/m1/s1. The monoisotopic (exact) mass is 420 g/mol. The second kappa shape index (κ2) is 7.88. The van der Waals surface area contributed by atoms with Crippen LogP contribution in [0.1, 0.15) is 78.6 Å². The topological polar surface area (TPSA) is 83.8 Å². The van der Waals surface area contributed by atoms with Crippen LogP contribution in [0.15, 0.2) is 0 Å². The third kappa shape index (κ3) is 3.18. The van der Waals surface area contributed by atoms with Gasteiger partial charge in [-0.2, -0.15) is 0 Å². The van der Waals surface area contributed by atoms with Gasteiger partial charge in [-0.05, 0) is 86.4 Å². The highest BCUT2D eigenvalue weighted by Gasteiger charge is 2.67. The molecular weight excluding hydrogens is 380 g/mol. The van der Waals surface area contributed by atoms with Gasteiger partial charge in [0.1, 0.15) is 6.10 Å². The summed E-state index contributed by atoms with van der Waals surface area (Å²) in [4.78, 5) is 25.4. The van der Waals surface area contributed by atoms with Crippen LogP contribution in [0.2, 0.25) is 0 Å². The first-order valence-corrected chi connectivity index (χ1v) is 12.1. The van der Waals surface area contributed by atoms with Crippen molar-refractivity contribution in [3.63, 3.8) is 0 Å². The van der Waals surface area contributed by atoms with Crippen molar-refractivity contribution in [2.24, 2.45) is 46.3 Å². The van der Waals surface area contributed by atoms with Gasteiger partial charge in [0.2, 0.25) is 0 Å². The summed E-state index contributed by atoms with van der Waals surface area (Å²) in [7, 11) is 1.42. The van der Waals surface area contributed by atoms with Crippen molar-refractivity contribution in [1.82, 2.24) is 0 Å². The Bertz CT molecular complexity index is 691. The van der Waals surface area contributed by atoms with Crippen LogP contribution < -0.4 is 0 Å². The van der Waals surface area contributed by atoms with Crippen molar-refractivity contribution in [2.75, 3.05) is 7.11 Å². The van der Waals surface area contributed by atoms with E-state index in [-0.39, 0.29) is 41.0 Å². The SMILES string of the molecule is COC(=O)CC[C@@H](C)[C@H]1CC[C@H]2[C@@H]3CC[C@@H]4C[C@H](O)CC[C@]4(C)[C@H]3C(=O)[C@@H](O)[C@]12C. The molecular formula is C25H40O5. The fraction of sp³-hybridized carbons (Fsp3) is 0.920. The Morgan fingerprint density at radius 3 is 2.60 bits per heavy atom. The zero-order valence-electron chi connectivity index (χ0n) is 19.1. The number of Topliss-reactive ketones (excluding diaryl/α,β-unsaturated/α-hetero) is 1. The summed E-state index contributed by atoms with van der Waals surface area (Å²) in [6, 6.07) is 0. The van der Waals surface area contributed by atoms with Gasteiger partial charge in [-0.15, -0.1) is 0 Å². The molecule has 0 radical (unpaired) electrons. The zero-order chi connectivity index (χ0) is 21.8. The number of rotatable bonds is 4. The van der Waals surface area contributed by atoms with Crippen molar-refractivity contribution in [2.45, 2.75) is 90.8 Å². The van der Waals surface area contributed by atoms with Gasteiger partial charge >= 0.3 is 5.97 Å². The summed E-state index contributed by atoms with van der Waals surface area (Å²) in [5, 5.41) is 21.7. The van der Waals surface area contributed by atoms with E-state index >= 15 is 0 Å². The lowest BCUT2D eigenvalue weighted by Crippen LogP contribution is -2.63. The molecule has 10 atom stereocenters. The summed E-state index contributed by atoms with van der Waals surface area (Å²) in [6.07, 6.45) is 6.67. The van der Waals surface area contributed by atoms with E-state index in [4.69, 9.17) is 4.74 Å². The number of esters is 1. The molecule has 4 rings (SSSR count). The van der Waals surface area contributed by atoms with Crippen molar-refractivity contribution in [3.05, 3.63) is 0 Å². The average molecular weight is 421 g/mol. The number of hydrogen-bond donors (Lipinski definition) is 2. The molecule has 0 spiro atoms. The van der Waals surface area contributed by atoms with Crippen LogP contribution in [-0.4, -0.2) is 41.3 Å². The Kier molecular flexibility index (Phi) is 5.85. The highest BCUT2D eigenvalue weighted by molar-refractivity contribution is 5.88. The minimum absolute atomic E-state index is 0.0643. The summed E-state index contributed by atoms with van der Waals surface area (Å²) in [5.74, 6) is 1.44. The molecule has 4 saturated carbocycles. The molecule has 0 aromatic carbocycles.